The largest absolute Gasteiger partial charge is 0.368 e. The number of anilines is 1. The van der Waals surface area contributed by atoms with Crippen molar-refractivity contribution in [1.82, 2.24) is 5.32 Å². The first-order valence-corrected chi connectivity index (χ1v) is 8.10. The summed E-state index contributed by atoms with van der Waals surface area (Å²) in [5, 5.41) is 3.81. The first-order valence-electron chi connectivity index (χ1n) is 8.10. The van der Waals surface area contributed by atoms with Crippen molar-refractivity contribution in [2.75, 3.05) is 24.5 Å². The van der Waals surface area contributed by atoms with Gasteiger partial charge in [-0.25, -0.2) is 0 Å². The van der Waals surface area contributed by atoms with E-state index in [1.54, 1.807) is 0 Å². The third-order valence-corrected chi connectivity index (χ3v) is 4.99. The van der Waals surface area contributed by atoms with E-state index in [4.69, 9.17) is 0 Å². The van der Waals surface area contributed by atoms with E-state index >= 15 is 0 Å². The molecule has 1 saturated carbocycles. The topological polar surface area (TPSA) is 15.3 Å². The van der Waals surface area contributed by atoms with Crippen LogP contribution in [0.5, 0.6) is 0 Å². The molecule has 1 aromatic rings. The molecule has 2 aliphatic rings. The van der Waals surface area contributed by atoms with Crippen LogP contribution in [0.1, 0.15) is 52.0 Å². The Morgan fingerprint density at radius 1 is 1.10 bits per heavy atom. The molecule has 2 nitrogen and oxygen atoms in total. The summed E-state index contributed by atoms with van der Waals surface area (Å²) >= 11 is 0. The Labute approximate surface area is 123 Å². The molecule has 2 heteroatoms. The summed E-state index contributed by atoms with van der Waals surface area (Å²) in [6.07, 6.45) is 5.48. The van der Waals surface area contributed by atoms with E-state index in [0.29, 0.717) is 5.54 Å². The number of hydrogen-bond acceptors (Lipinski definition) is 2. The van der Waals surface area contributed by atoms with E-state index in [0.717, 1.165) is 13.1 Å². The highest BCUT2D eigenvalue weighted by Gasteiger charge is 2.38. The maximum Gasteiger partial charge on any atom is 0.0405 e. The molecule has 0 radical (unpaired) electrons. The van der Waals surface area contributed by atoms with Gasteiger partial charge in [0.2, 0.25) is 0 Å². The minimum atomic E-state index is 0.213. The number of piperazine rings is 1. The van der Waals surface area contributed by atoms with Gasteiger partial charge in [0.1, 0.15) is 0 Å². The van der Waals surface area contributed by atoms with E-state index in [1.165, 1.54) is 43.5 Å². The highest BCUT2D eigenvalue weighted by molar-refractivity contribution is 5.57. The fourth-order valence-corrected chi connectivity index (χ4v) is 3.93. The van der Waals surface area contributed by atoms with Crippen molar-refractivity contribution < 1.29 is 0 Å². The van der Waals surface area contributed by atoms with Crippen LogP contribution in [0, 0.1) is 0 Å². The second kappa shape index (κ2) is 5.07. The molecule has 0 atom stereocenters. The van der Waals surface area contributed by atoms with Gasteiger partial charge in [-0.1, -0.05) is 51.8 Å². The van der Waals surface area contributed by atoms with E-state index < -0.39 is 0 Å². The Morgan fingerprint density at radius 3 is 2.50 bits per heavy atom. The zero-order chi connectivity index (χ0) is 14.2. The molecular formula is C18H28N2. The lowest BCUT2D eigenvalue weighted by Crippen LogP contribution is -2.59. The summed E-state index contributed by atoms with van der Waals surface area (Å²) in [5.74, 6) is 0. The van der Waals surface area contributed by atoms with Crippen LogP contribution >= 0.6 is 0 Å². The Balaban J connectivity index is 1.89. The smallest absolute Gasteiger partial charge is 0.0405 e. The predicted molar refractivity (Wildman–Crippen MR) is 86.6 cm³/mol. The molecule has 0 bridgehead atoms. The lowest BCUT2D eigenvalue weighted by atomic mass is 9.84. The first-order chi connectivity index (χ1) is 9.50. The van der Waals surface area contributed by atoms with Gasteiger partial charge in [0.05, 0.1) is 0 Å². The van der Waals surface area contributed by atoms with E-state index in [1.807, 2.05) is 0 Å². The fourth-order valence-electron chi connectivity index (χ4n) is 3.93. The van der Waals surface area contributed by atoms with Crippen LogP contribution in [0.4, 0.5) is 5.69 Å². The van der Waals surface area contributed by atoms with Crippen molar-refractivity contribution in [1.29, 1.82) is 0 Å². The number of rotatable bonds is 1. The van der Waals surface area contributed by atoms with Crippen LogP contribution < -0.4 is 10.2 Å². The van der Waals surface area contributed by atoms with Gasteiger partial charge in [-0.05, 0) is 29.9 Å². The summed E-state index contributed by atoms with van der Waals surface area (Å²) in [6.45, 7) is 10.4. The number of nitrogens with zero attached hydrogens (tertiary/aromatic N) is 1. The third-order valence-electron chi connectivity index (χ3n) is 4.99. The van der Waals surface area contributed by atoms with Crippen LogP contribution in [0.3, 0.4) is 0 Å². The fraction of sp³-hybridized carbons (Fsp3) is 0.667. The molecule has 1 spiro atoms. The Bertz CT molecular complexity index is 467. The van der Waals surface area contributed by atoms with Gasteiger partial charge in [0.25, 0.3) is 0 Å². The molecule has 1 aromatic carbocycles. The minimum absolute atomic E-state index is 0.213. The number of hydrogen-bond donors (Lipinski definition) is 1. The molecule has 0 aromatic heterocycles. The molecule has 0 unspecified atom stereocenters. The van der Waals surface area contributed by atoms with Crippen molar-refractivity contribution in [3.05, 3.63) is 29.8 Å². The second-order valence-corrected chi connectivity index (χ2v) is 7.60. The molecule has 2 fully saturated rings. The van der Waals surface area contributed by atoms with Gasteiger partial charge < -0.3 is 10.2 Å². The minimum Gasteiger partial charge on any atom is -0.368 e. The normalized spacial score (nSPS) is 22.4. The summed E-state index contributed by atoms with van der Waals surface area (Å²) in [7, 11) is 0. The molecule has 20 heavy (non-hydrogen) atoms. The van der Waals surface area contributed by atoms with Crippen LogP contribution in [0.25, 0.3) is 0 Å². The first kappa shape index (κ1) is 13.9. The molecule has 3 rings (SSSR count). The van der Waals surface area contributed by atoms with Gasteiger partial charge in [0, 0.05) is 30.9 Å². The van der Waals surface area contributed by atoms with E-state index in [2.05, 4.69) is 55.3 Å². The van der Waals surface area contributed by atoms with Crippen LogP contribution in [0.2, 0.25) is 0 Å². The summed E-state index contributed by atoms with van der Waals surface area (Å²) in [4.78, 5) is 2.63. The monoisotopic (exact) mass is 272 g/mol. The van der Waals surface area contributed by atoms with Crippen molar-refractivity contribution in [3.8, 4) is 0 Å². The third kappa shape index (κ3) is 2.58. The van der Waals surface area contributed by atoms with Gasteiger partial charge >= 0.3 is 0 Å². The summed E-state index contributed by atoms with van der Waals surface area (Å²) in [5.41, 5.74) is 3.54. The Hall–Kier alpha value is -1.02. The second-order valence-electron chi connectivity index (χ2n) is 7.60. The number of para-hydroxylation sites is 1. The summed E-state index contributed by atoms with van der Waals surface area (Å²) < 4.78 is 0. The maximum atomic E-state index is 3.81. The van der Waals surface area contributed by atoms with Crippen molar-refractivity contribution in [2.24, 2.45) is 0 Å². The number of nitrogens with one attached hydrogen (secondary N) is 1. The molecule has 1 heterocycles. The number of benzene rings is 1. The highest BCUT2D eigenvalue weighted by atomic mass is 15.2. The van der Waals surface area contributed by atoms with Gasteiger partial charge in [-0.15, -0.1) is 0 Å². The molecule has 1 aliphatic carbocycles. The van der Waals surface area contributed by atoms with E-state index in [-0.39, 0.29) is 5.41 Å². The van der Waals surface area contributed by atoms with Crippen molar-refractivity contribution in [2.45, 2.75) is 57.4 Å². The molecule has 0 amide bonds. The molecule has 1 aliphatic heterocycles. The molecule has 1 N–H and O–H groups in total. The Morgan fingerprint density at radius 2 is 1.80 bits per heavy atom. The van der Waals surface area contributed by atoms with Gasteiger partial charge in [-0.3, -0.25) is 0 Å². The maximum absolute atomic E-state index is 3.81. The lowest BCUT2D eigenvalue weighted by molar-refractivity contribution is 0.303. The zero-order valence-electron chi connectivity index (χ0n) is 13.2. The summed E-state index contributed by atoms with van der Waals surface area (Å²) in [6, 6.07) is 8.98. The van der Waals surface area contributed by atoms with Gasteiger partial charge in [-0.2, -0.15) is 0 Å². The highest BCUT2D eigenvalue weighted by Crippen LogP contribution is 2.37. The Kier molecular flexibility index (Phi) is 3.53. The molecule has 110 valence electrons. The predicted octanol–water partition coefficient (Wildman–Crippen LogP) is 3.71. The van der Waals surface area contributed by atoms with Crippen LogP contribution in [-0.2, 0) is 5.41 Å². The molecular weight excluding hydrogens is 244 g/mol. The van der Waals surface area contributed by atoms with Crippen LogP contribution in [-0.4, -0.2) is 25.2 Å². The average Bonchev–Trinajstić information content (AvgIpc) is 2.86. The SMILES string of the molecule is CC(C)(C)c1ccccc1N1CCNC2(CCCC2)C1. The van der Waals surface area contributed by atoms with Crippen LogP contribution in [0.15, 0.2) is 24.3 Å². The zero-order valence-corrected chi connectivity index (χ0v) is 13.2. The van der Waals surface area contributed by atoms with Gasteiger partial charge in [0.15, 0.2) is 0 Å². The molecule has 1 saturated heterocycles. The quantitative estimate of drug-likeness (QED) is 0.838. The van der Waals surface area contributed by atoms with Crippen molar-refractivity contribution in [3.63, 3.8) is 0 Å². The standard InChI is InChI=1S/C18H28N2/c1-17(2,3)15-8-4-5-9-16(15)20-13-12-19-18(14-20)10-6-7-11-18/h4-5,8-9,19H,6-7,10-14H2,1-3H3. The lowest BCUT2D eigenvalue weighted by Gasteiger charge is -2.44. The van der Waals surface area contributed by atoms with E-state index in [9.17, 15) is 0 Å². The average molecular weight is 272 g/mol. The van der Waals surface area contributed by atoms with Crippen molar-refractivity contribution >= 4 is 5.69 Å².